The molecule has 3 N–H and O–H groups in total. The number of nitrogens with one attached hydrogen (secondary N) is 1. The van der Waals surface area contributed by atoms with Crippen molar-refractivity contribution in [2.75, 3.05) is 12.3 Å². The van der Waals surface area contributed by atoms with Crippen LogP contribution in [0.25, 0.3) is 0 Å². The van der Waals surface area contributed by atoms with Crippen molar-refractivity contribution in [1.29, 1.82) is 5.26 Å². The monoisotopic (exact) mass is 293 g/mol. The summed E-state index contributed by atoms with van der Waals surface area (Å²) in [5.41, 5.74) is 5.84. The molecule has 0 aliphatic heterocycles. The van der Waals surface area contributed by atoms with E-state index in [-0.39, 0.29) is 23.4 Å². The zero-order chi connectivity index (χ0) is 14.6. The Hall–Kier alpha value is -2.44. The first-order valence-corrected chi connectivity index (χ1v) is 7.06. The summed E-state index contributed by atoms with van der Waals surface area (Å²) in [6.45, 7) is 0.0831. The van der Waals surface area contributed by atoms with E-state index >= 15 is 0 Å². The average molecular weight is 293 g/mol. The molecule has 0 saturated carbocycles. The lowest BCUT2D eigenvalue weighted by atomic mass is 10.2. The molecule has 0 aliphatic carbocycles. The second-order valence-electron chi connectivity index (χ2n) is 3.85. The van der Waals surface area contributed by atoms with Gasteiger partial charge in [-0.25, -0.2) is 13.1 Å². The zero-order valence-corrected chi connectivity index (χ0v) is 11.1. The van der Waals surface area contributed by atoms with Gasteiger partial charge in [0.2, 0.25) is 15.9 Å². The third-order valence-corrected chi connectivity index (χ3v) is 3.97. The van der Waals surface area contributed by atoms with E-state index in [9.17, 15) is 8.42 Å². The van der Waals surface area contributed by atoms with E-state index in [2.05, 4.69) is 14.9 Å². The summed E-state index contributed by atoms with van der Waals surface area (Å²) < 4.78 is 31.3. The molecule has 0 fully saturated rings. The van der Waals surface area contributed by atoms with E-state index in [0.29, 0.717) is 11.6 Å². The highest BCUT2D eigenvalue weighted by Crippen LogP contribution is 2.17. The Balaban J connectivity index is 2.12. The van der Waals surface area contributed by atoms with Crippen LogP contribution in [0.15, 0.2) is 33.9 Å². The largest absolute Gasteiger partial charge is 0.399 e. The van der Waals surface area contributed by atoms with Gasteiger partial charge in [-0.3, -0.25) is 0 Å². The van der Waals surface area contributed by atoms with E-state index in [0.717, 1.165) is 0 Å². The van der Waals surface area contributed by atoms with Crippen LogP contribution < -0.4 is 10.5 Å². The normalized spacial score (nSPS) is 11.2. The highest BCUT2D eigenvalue weighted by atomic mass is 32.2. The number of nitriles is 1. The lowest BCUT2D eigenvalue weighted by Gasteiger charge is -2.07. The van der Waals surface area contributed by atoms with E-state index in [4.69, 9.17) is 15.5 Å². The third-order valence-electron chi connectivity index (χ3n) is 2.45. The molecule has 0 spiro atoms. The van der Waals surface area contributed by atoms with Crippen LogP contribution in [0.2, 0.25) is 0 Å². The molecule has 0 radical (unpaired) electrons. The van der Waals surface area contributed by atoms with Crippen LogP contribution in [-0.2, 0) is 16.4 Å². The molecule has 1 aromatic carbocycles. The van der Waals surface area contributed by atoms with Gasteiger partial charge < -0.3 is 10.3 Å². The standard InChI is InChI=1S/C11H11N5O3S/c12-6-8-5-9(13)1-2-10(8)20(17,18)16-4-3-11-14-7-15-19-11/h1-2,5,7,16H,3-4,13H2. The number of nitrogens with zero attached hydrogens (tertiary/aromatic N) is 3. The number of hydrogen-bond donors (Lipinski definition) is 2. The van der Waals surface area contributed by atoms with Crippen LogP contribution in [-0.4, -0.2) is 25.1 Å². The van der Waals surface area contributed by atoms with Crippen molar-refractivity contribution in [1.82, 2.24) is 14.9 Å². The molecule has 0 atom stereocenters. The minimum atomic E-state index is -3.79. The van der Waals surface area contributed by atoms with Gasteiger partial charge in [-0.05, 0) is 18.2 Å². The van der Waals surface area contributed by atoms with Gasteiger partial charge in [-0.1, -0.05) is 5.16 Å². The van der Waals surface area contributed by atoms with E-state index in [1.54, 1.807) is 6.07 Å². The number of nitrogens with two attached hydrogens (primary N) is 1. The summed E-state index contributed by atoms with van der Waals surface area (Å²) >= 11 is 0. The molecule has 0 bridgehead atoms. The minimum Gasteiger partial charge on any atom is -0.399 e. The Morgan fingerprint density at radius 2 is 2.25 bits per heavy atom. The first-order valence-electron chi connectivity index (χ1n) is 5.58. The number of hydrogen-bond acceptors (Lipinski definition) is 7. The van der Waals surface area contributed by atoms with Crippen LogP contribution in [0.4, 0.5) is 5.69 Å². The maximum atomic E-state index is 12.1. The molecule has 0 aliphatic rings. The predicted octanol–water partition coefficient (Wildman–Crippen LogP) is 0.0445. The quantitative estimate of drug-likeness (QED) is 0.743. The summed E-state index contributed by atoms with van der Waals surface area (Å²) in [6, 6.07) is 5.84. The van der Waals surface area contributed by atoms with Crippen molar-refractivity contribution in [2.45, 2.75) is 11.3 Å². The lowest BCUT2D eigenvalue weighted by Crippen LogP contribution is -2.26. The molecular formula is C11H11N5O3S. The van der Waals surface area contributed by atoms with Crippen molar-refractivity contribution in [3.8, 4) is 6.07 Å². The molecule has 0 saturated heterocycles. The fourth-order valence-corrected chi connectivity index (χ4v) is 2.71. The molecule has 20 heavy (non-hydrogen) atoms. The molecule has 2 aromatic rings. The van der Waals surface area contributed by atoms with Gasteiger partial charge in [0, 0.05) is 18.7 Å². The van der Waals surface area contributed by atoms with Crippen LogP contribution in [0.5, 0.6) is 0 Å². The molecule has 8 nitrogen and oxygen atoms in total. The van der Waals surface area contributed by atoms with E-state index < -0.39 is 10.0 Å². The van der Waals surface area contributed by atoms with Crippen LogP contribution in [0.1, 0.15) is 11.5 Å². The average Bonchev–Trinajstić information content (AvgIpc) is 2.91. The summed E-state index contributed by atoms with van der Waals surface area (Å²) in [7, 11) is -3.79. The molecule has 104 valence electrons. The van der Waals surface area contributed by atoms with Crippen molar-refractivity contribution in [2.24, 2.45) is 0 Å². The predicted molar refractivity (Wildman–Crippen MR) is 68.8 cm³/mol. The Labute approximate surface area is 115 Å². The highest BCUT2D eigenvalue weighted by molar-refractivity contribution is 7.89. The lowest BCUT2D eigenvalue weighted by molar-refractivity contribution is 0.377. The maximum Gasteiger partial charge on any atom is 0.241 e. The van der Waals surface area contributed by atoms with Gasteiger partial charge in [-0.2, -0.15) is 10.2 Å². The van der Waals surface area contributed by atoms with Gasteiger partial charge in [0.25, 0.3) is 0 Å². The van der Waals surface area contributed by atoms with Gasteiger partial charge in [0.15, 0.2) is 6.33 Å². The first kappa shape index (κ1) is 14.0. The second-order valence-corrected chi connectivity index (χ2v) is 5.59. The number of nitrogen functional groups attached to an aromatic ring is 1. The Morgan fingerprint density at radius 3 is 2.90 bits per heavy atom. The minimum absolute atomic E-state index is 0.00436. The fraction of sp³-hybridized carbons (Fsp3) is 0.182. The Kier molecular flexibility index (Phi) is 3.97. The maximum absolute atomic E-state index is 12.1. The molecule has 0 unspecified atom stereocenters. The molecule has 1 heterocycles. The van der Waals surface area contributed by atoms with Crippen LogP contribution >= 0.6 is 0 Å². The fourth-order valence-electron chi connectivity index (χ4n) is 1.55. The summed E-state index contributed by atoms with van der Waals surface area (Å²) in [4.78, 5) is 3.66. The van der Waals surface area contributed by atoms with Gasteiger partial charge in [0.1, 0.15) is 6.07 Å². The van der Waals surface area contributed by atoms with Crippen molar-refractivity contribution in [3.63, 3.8) is 0 Å². The molecule has 2 rings (SSSR count). The number of rotatable bonds is 5. The smallest absolute Gasteiger partial charge is 0.241 e. The van der Waals surface area contributed by atoms with E-state index in [1.807, 2.05) is 0 Å². The van der Waals surface area contributed by atoms with Gasteiger partial charge >= 0.3 is 0 Å². The molecule has 0 amide bonds. The molecule has 1 aromatic heterocycles. The number of anilines is 1. The Bertz CT molecular complexity index is 734. The van der Waals surface area contributed by atoms with Crippen LogP contribution in [0, 0.1) is 11.3 Å². The summed E-state index contributed by atoms with van der Waals surface area (Å²) in [6.07, 6.45) is 1.49. The third kappa shape index (κ3) is 3.11. The molecule has 9 heteroatoms. The van der Waals surface area contributed by atoms with E-state index in [1.165, 1.54) is 24.5 Å². The summed E-state index contributed by atoms with van der Waals surface area (Å²) in [5, 5.41) is 12.4. The summed E-state index contributed by atoms with van der Waals surface area (Å²) in [5.74, 6) is 0.325. The van der Waals surface area contributed by atoms with Crippen molar-refractivity contribution < 1.29 is 12.9 Å². The number of aromatic nitrogens is 2. The topological polar surface area (TPSA) is 135 Å². The molecular weight excluding hydrogens is 282 g/mol. The van der Waals surface area contributed by atoms with Crippen molar-refractivity contribution in [3.05, 3.63) is 36.0 Å². The van der Waals surface area contributed by atoms with Gasteiger partial charge in [-0.15, -0.1) is 0 Å². The highest BCUT2D eigenvalue weighted by Gasteiger charge is 2.18. The Morgan fingerprint density at radius 1 is 1.45 bits per heavy atom. The SMILES string of the molecule is N#Cc1cc(N)ccc1S(=O)(=O)NCCc1ncno1. The van der Waals surface area contributed by atoms with Crippen LogP contribution in [0.3, 0.4) is 0 Å². The first-order chi connectivity index (χ1) is 9.53. The number of sulfonamides is 1. The van der Waals surface area contributed by atoms with Crippen molar-refractivity contribution >= 4 is 15.7 Å². The number of benzene rings is 1. The zero-order valence-electron chi connectivity index (χ0n) is 10.3. The van der Waals surface area contributed by atoms with Gasteiger partial charge in [0.05, 0.1) is 10.5 Å². The second kappa shape index (κ2) is 5.68.